The van der Waals surface area contributed by atoms with Crippen molar-refractivity contribution < 1.29 is 9.59 Å². The highest BCUT2D eigenvalue weighted by atomic mass is 16.2. The number of amides is 2. The van der Waals surface area contributed by atoms with Gasteiger partial charge in [-0.1, -0.05) is 57.0 Å². The standard InChI is InChI=1S/C29H34N6O2/c1-4-6-16-32-24-15-14-23-25-22(28(36)35(29(23)37)17-7-5-2)13-12-21(26(24)25)19-8-10-20(11-9-19)27(31)34-33-18(3)30/h8-15,32H,4-7,16-17H2,1-3H3,(H2,30,33)(H2,31,34). The van der Waals surface area contributed by atoms with Gasteiger partial charge >= 0.3 is 0 Å². The van der Waals surface area contributed by atoms with Crippen LogP contribution in [-0.2, 0) is 0 Å². The van der Waals surface area contributed by atoms with E-state index in [9.17, 15) is 9.59 Å². The van der Waals surface area contributed by atoms with Gasteiger partial charge in [-0.3, -0.25) is 14.5 Å². The molecule has 5 N–H and O–H groups in total. The average Bonchev–Trinajstić information content (AvgIpc) is 2.90. The second-order valence-electron chi connectivity index (χ2n) is 9.27. The van der Waals surface area contributed by atoms with Gasteiger partial charge in [-0.2, -0.15) is 0 Å². The van der Waals surface area contributed by atoms with Crippen molar-refractivity contribution in [2.75, 3.05) is 18.4 Å². The van der Waals surface area contributed by atoms with E-state index in [1.807, 2.05) is 55.5 Å². The summed E-state index contributed by atoms with van der Waals surface area (Å²) < 4.78 is 0. The van der Waals surface area contributed by atoms with E-state index in [0.717, 1.165) is 60.0 Å². The minimum Gasteiger partial charge on any atom is -0.386 e. The van der Waals surface area contributed by atoms with E-state index in [0.29, 0.717) is 28.9 Å². The summed E-state index contributed by atoms with van der Waals surface area (Å²) in [6.07, 6.45) is 3.75. The summed E-state index contributed by atoms with van der Waals surface area (Å²) in [5.41, 5.74) is 16.2. The van der Waals surface area contributed by atoms with E-state index in [1.165, 1.54) is 4.90 Å². The third kappa shape index (κ3) is 5.18. The first-order valence-electron chi connectivity index (χ1n) is 12.8. The first kappa shape index (κ1) is 25.9. The minimum absolute atomic E-state index is 0.233. The van der Waals surface area contributed by atoms with Crippen LogP contribution in [-0.4, -0.2) is 41.5 Å². The molecule has 3 aromatic rings. The van der Waals surface area contributed by atoms with Crippen molar-refractivity contribution in [1.29, 1.82) is 0 Å². The van der Waals surface area contributed by atoms with Crippen molar-refractivity contribution in [3.05, 3.63) is 65.2 Å². The van der Waals surface area contributed by atoms with Crippen molar-refractivity contribution >= 4 is 39.9 Å². The van der Waals surface area contributed by atoms with Gasteiger partial charge in [-0.05, 0) is 49.1 Å². The van der Waals surface area contributed by atoms with Gasteiger partial charge < -0.3 is 16.8 Å². The lowest BCUT2D eigenvalue weighted by Crippen LogP contribution is -2.40. The fourth-order valence-electron chi connectivity index (χ4n) is 4.55. The Morgan fingerprint density at radius 3 is 2.05 bits per heavy atom. The molecule has 0 atom stereocenters. The minimum atomic E-state index is -0.233. The maximum absolute atomic E-state index is 13.4. The fraction of sp³-hybridized carbons (Fsp3) is 0.310. The Morgan fingerprint density at radius 1 is 0.811 bits per heavy atom. The normalized spacial score (nSPS) is 14.0. The molecule has 8 heteroatoms. The molecule has 0 fully saturated rings. The van der Waals surface area contributed by atoms with Gasteiger partial charge in [0.2, 0.25) is 0 Å². The van der Waals surface area contributed by atoms with Crippen molar-refractivity contribution in [3.63, 3.8) is 0 Å². The maximum Gasteiger partial charge on any atom is 0.261 e. The Hall–Kier alpha value is -4.20. The van der Waals surface area contributed by atoms with E-state index in [2.05, 4.69) is 22.4 Å². The number of nitrogens with two attached hydrogens (primary N) is 2. The van der Waals surface area contributed by atoms with Gasteiger partial charge in [0, 0.05) is 46.2 Å². The quantitative estimate of drug-likeness (QED) is 0.118. The highest BCUT2D eigenvalue weighted by molar-refractivity contribution is 6.28. The molecule has 2 amide bonds. The molecular weight excluding hydrogens is 464 g/mol. The largest absolute Gasteiger partial charge is 0.386 e. The number of benzene rings is 3. The van der Waals surface area contributed by atoms with Crippen LogP contribution in [0.2, 0.25) is 0 Å². The lowest BCUT2D eigenvalue weighted by Gasteiger charge is -2.29. The number of nitrogens with zero attached hydrogens (tertiary/aromatic N) is 3. The number of carbonyl (C=O) groups excluding carboxylic acids is 2. The van der Waals surface area contributed by atoms with Crippen LogP contribution in [0.3, 0.4) is 0 Å². The first-order chi connectivity index (χ1) is 17.9. The van der Waals surface area contributed by atoms with Crippen LogP contribution in [0, 0.1) is 0 Å². The summed E-state index contributed by atoms with van der Waals surface area (Å²) in [7, 11) is 0. The van der Waals surface area contributed by atoms with Gasteiger partial charge in [0.15, 0.2) is 5.84 Å². The first-order valence-corrected chi connectivity index (χ1v) is 12.8. The monoisotopic (exact) mass is 498 g/mol. The van der Waals surface area contributed by atoms with Gasteiger partial charge in [0.05, 0.1) is 0 Å². The van der Waals surface area contributed by atoms with Crippen LogP contribution in [0.1, 0.15) is 72.7 Å². The third-order valence-electron chi connectivity index (χ3n) is 6.50. The van der Waals surface area contributed by atoms with Crippen LogP contribution < -0.4 is 16.8 Å². The molecule has 0 spiro atoms. The number of hydrogen-bond acceptors (Lipinski definition) is 5. The molecule has 0 unspecified atom stereocenters. The molecule has 37 heavy (non-hydrogen) atoms. The van der Waals surface area contributed by atoms with Crippen molar-refractivity contribution in [3.8, 4) is 11.1 Å². The summed E-state index contributed by atoms with van der Waals surface area (Å²) in [6, 6.07) is 15.3. The Labute approximate surface area is 217 Å². The van der Waals surface area contributed by atoms with E-state index in [1.54, 1.807) is 6.92 Å². The summed E-state index contributed by atoms with van der Waals surface area (Å²) in [5, 5.41) is 12.9. The Morgan fingerprint density at radius 2 is 1.43 bits per heavy atom. The fourth-order valence-corrected chi connectivity index (χ4v) is 4.55. The van der Waals surface area contributed by atoms with Crippen LogP contribution in [0.5, 0.6) is 0 Å². The second kappa shape index (κ2) is 11.2. The Kier molecular flexibility index (Phi) is 7.86. The Bertz CT molecular complexity index is 1370. The molecule has 0 aromatic heterocycles. The second-order valence-corrected chi connectivity index (χ2v) is 9.27. The molecule has 0 radical (unpaired) electrons. The average molecular weight is 499 g/mol. The smallest absolute Gasteiger partial charge is 0.261 e. The van der Waals surface area contributed by atoms with E-state index >= 15 is 0 Å². The molecule has 192 valence electrons. The zero-order chi connectivity index (χ0) is 26.5. The number of anilines is 1. The van der Waals surface area contributed by atoms with Crippen LogP contribution in [0.25, 0.3) is 21.9 Å². The number of carbonyl (C=O) groups is 2. The predicted octanol–water partition coefficient (Wildman–Crippen LogP) is 5.11. The lowest BCUT2D eigenvalue weighted by molar-refractivity contribution is 0.0608. The third-order valence-corrected chi connectivity index (χ3v) is 6.50. The number of unbranched alkanes of at least 4 members (excludes halogenated alkanes) is 2. The van der Waals surface area contributed by atoms with Crippen LogP contribution in [0.4, 0.5) is 5.69 Å². The lowest BCUT2D eigenvalue weighted by atomic mass is 9.87. The van der Waals surface area contributed by atoms with Gasteiger partial charge in [-0.25, -0.2) is 0 Å². The molecule has 3 aromatic carbocycles. The van der Waals surface area contributed by atoms with Crippen molar-refractivity contribution in [1.82, 2.24) is 4.90 Å². The number of hydrogen-bond donors (Lipinski definition) is 3. The number of rotatable bonds is 10. The molecule has 1 aliphatic rings. The van der Waals surface area contributed by atoms with Gasteiger partial charge in [0.25, 0.3) is 11.8 Å². The molecule has 0 aliphatic carbocycles. The van der Waals surface area contributed by atoms with E-state index in [-0.39, 0.29) is 17.6 Å². The molecule has 0 saturated heterocycles. The van der Waals surface area contributed by atoms with Crippen LogP contribution >= 0.6 is 0 Å². The van der Waals surface area contributed by atoms with Crippen molar-refractivity contribution in [2.45, 2.75) is 46.5 Å². The van der Waals surface area contributed by atoms with E-state index < -0.39 is 0 Å². The predicted molar refractivity (Wildman–Crippen MR) is 151 cm³/mol. The maximum atomic E-state index is 13.4. The number of imide groups is 1. The van der Waals surface area contributed by atoms with E-state index in [4.69, 9.17) is 11.5 Å². The van der Waals surface area contributed by atoms with Crippen LogP contribution in [0.15, 0.2) is 58.7 Å². The zero-order valence-corrected chi connectivity index (χ0v) is 21.7. The molecule has 1 heterocycles. The van der Waals surface area contributed by atoms with Gasteiger partial charge in [0.1, 0.15) is 5.84 Å². The topological polar surface area (TPSA) is 126 Å². The zero-order valence-electron chi connectivity index (χ0n) is 21.7. The summed E-state index contributed by atoms with van der Waals surface area (Å²) in [6.45, 7) is 7.05. The highest BCUT2D eigenvalue weighted by Crippen LogP contribution is 2.40. The summed E-state index contributed by atoms with van der Waals surface area (Å²) >= 11 is 0. The molecule has 0 bridgehead atoms. The molecule has 4 rings (SSSR count). The summed E-state index contributed by atoms with van der Waals surface area (Å²) in [4.78, 5) is 28.2. The summed E-state index contributed by atoms with van der Waals surface area (Å²) in [5.74, 6) is 0.119. The van der Waals surface area contributed by atoms with Gasteiger partial charge in [-0.15, -0.1) is 10.2 Å². The molecule has 8 nitrogen and oxygen atoms in total. The molecular formula is C29H34N6O2. The molecule has 1 aliphatic heterocycles. The Balaban J connectivity index is 1.86. The number of amidine groups is 2. The number of nitrogens with one attached hydrogen (secondary N) is 1. The van der Waals surface area contributed by atoms with Crippen molar-refractivity contribution in [2.24, 2.45) is 21.7 Å². The SMILES string of the molecule is CCCCNc1ccc2c3c(ccc(-c4ccc(/C(N)=N/N=C(/C)N)cc4)c13)C(=O)N(CCCC)C2=O. The highest BCUT2D eigenvalue weighted by Gasteiger charge is 2.33. The molecule has 0 saturated carbocycles.